The minimum absolute atomic E-state index is 0.244. The largest absolute Gasteiger partial charge is 0.381 e. The highest BCUT2D eigenvalue weighted by atomic mass is 16.5. The first kappa shape index (κ1) is 11.9. The third kappa shape index (κ3) is 2.23. The van der Waals surface area contributed by atoms with Gasteiger partial charge >= 0.3 is 0 Å². The Kier molecular flexibility index (Phi) is 3.82. The number of nitrogens with zero attached hydrogens (tertiary/aromatic N) is 1. The standard InChI is InChI=1S/C12H22N2O2/c1-3-4-11-13-7-12(15)14(11)9(2)10-5-6-16-8-10/h9-11,13H,3-8H2,1-2H3. The Morgan fingerprint density at radius 1 is 1.62 bits per heavy atom. The van der Waals surface area contributed by atoms with Gasteiger partial charge in [0.25, 0.3) is 0 Å². The Morgan fingerprint density at radius 2 is 2.44 bits per heavy atom. The Balaban J connectivity index is 2.00. The van der Waals surface area contributed by atoms with Gasteiger partial charge in [0.2, 0.25) is 5.91 Å². The zero-order chi connectivity index (χ0) is 11.5. The number of hydrogen-bond acceptors (Lipinski definition) is 3. The summed E-state index contributed by atoms with van der Waals surface area (Å²) in [6.07, 6.45) is 3.48. The van der Waals surface area contributed by atoms with Gasteiger partial charge in [-0.15, -0.1) is 0 Å². The van der Waals surface area contributed by atoms with E-state index in [1.54, 1.807) is 0 Å². The van der Waals surface area contributed by atoms with Crippen LogP contribution >= 0.6 is 0 Å². The Hall–Kier alpha value is -0.610. The maximum absolute atomic E-state index is 11.9. The zero-order valence-corrected chi connectivity index (χ0v) is 10.2. The van der Waals surface area contributed by atoms with E-state index in [4.69, 9.17) is 4.74 Å². The number of hydrogen-bond donors (Lipinski definition) is 1. The van der Waals surface area contributed by atoms with Crippen LogP contribution in [0.3, 0.4) is 0 Å². The second-order valence-electron chi connectivity index (χ2n) is 4.85. The summed E-state index contributed by atoms with van der Waals surface area (Å²) in [5, 5.41) is 3.30. The maximum Gasteiger partial charge on any atom is 0.238 e. The van der Waals surface area contributed by atoms with E-state index in [-0.39, 0.29) is 12.1 Å². The van der Waals surface area contributed by atoms with E-state index in [9.17, 15) is 4.79 Å². The third-order valence-electron chi connectivity index (χ3n) is 3.76. The van der Waals surface area contributed by atoms with Crippen LogP contribution in [-0.2, 0) is 9.53 Å². The molecule has 0 bridgehead atoms. The lowest BCUT2D eigenvalue weighted by Gasteiger charge is -2.33. The molecule has 3 atom stereocenters. The Morgan fingerprint density at radius 3 is 3.06 bits per heavy atom. The van der Waals surface area contributed by atoms with Crippen LogP contribution in [0.25, 0.3) is 0 Å². The van der Waals surface area contributed by atoms with Gasteiger partial charge in [0.1, 0.15) is 0 Å². The summed E-state index contributed by atoms with van der Waals surface area (Å²) in [5.74, 6) is 0.765. The first-order valence-electron chi connectivity index (χ1n) is 6.36. The van der Waals surface area contributed by atoms with E-state index >= 15 is 0 Å². The molecule has 0 saturated carbocycles. The molecule has 0 aliphatic carbocycles. The molecule has 2 heterocycles. The van der Waals surface area contributed by atoms with Gasteiger partial charge < -0.3 is 9.64 Å². The van der Waals surface area contributed by atoms with Gasteiger partial charge in [-0.3, -0.25) is 10.1 Å². The minimum Gasteiger partial charge on any atom is -0.381 e. The number of nitrogens with one attached hydrogen (secondary N) is 1. The summed E-state index contributed by atoms with van der Waals surface area (Å²) in [7, 11) is 0. The predicted molar refractivity (Wildman–Crippen MR) is 61.9 cm³/mol. The van der Waals surface area contributed by atoms with Crippen molar-refractivity contribution in [2.45, 2.75) is 45.3 Å². The monoisotopic (exact) mass is 226 g/mol. The van der Waals surface area contributed by atoms with E-state index in [0.29, 0.717) is 18.5 Å². The van der Waals surface area contributed by atoms with Crippen LogP contribution in [-0.4, -0.2) is 42.8 Å². The Bertz CT molecular complexity index is 251. The molecule has 1 amide bonds. The average Bonchev–Trinajstić information content (AvgIpc) is 2.88. The average molecular weight is 226 g/mol. The third-order valence-corrected chi connectivity index (χ3v) is 3.76. The first-order valence-corrected chi connectivity index (χ1v) is 6.36. The Labute approximate surface area is 97.3 Å². The molecule has 2 saturated heterocycles. The van der Waals surface area contributed by atoms with E-state index in [0.717, 1.165) is 32.5 Å². The van der Waals surface area contributed by atoms with Gasteiger partial charge in [-0.2, -0.15) is 0 Å². The smallest absolute Gasteiger partial charge is 0.238 e. The van der Waals surface area contributed by atoms with Crippen molar-refractivity contribution in [2.75, 3.05) is 19.8 Å². The van der Waals surface area contributed by atoms with Crippen LogP contribution in [0.4, 0.5) is 0 Å². The number of carbonyl (C=O) groups is 1. The molecule has 2 fully saturated rings. The second-order valence-corrected chi connectivity index (χ2v) is 4.85. The molecule has 2 rings (SSSR count). The molecular weight excluding hydrogens is 204 g/mol. The van der Waals surface area contributed by atoms with Crippen LogP contribution in [0.5, 0.6) is 0 Å². The molecule has 4 heteroatoms. The number of amides is 1. The maximum atomic E-state index is 11.9. The van der Waals surface area contributed by atoms with Crippen molar-refractivity contribution in [3.05, 3.63) is 0 Å². The van der Waals surface area contributed by atoms with E-state index in [1.807, 2.05) is 4.90 Å². The van der Waals surface area contributed by atoms with Gasteiger partial charge in [-0.05, 0) is 19.8 Å². The lowest BCUT2D eigenvalue weighted by molar-refractivity contribution is -0.131. The molecule has 0 radical (unpaired) electrons. The highest BCUT2D eigenvalue weighted by Crippen LogP contribution is 2.25. The van der Waals surface area contributed by atoms with Crippen molar-refractivity contribution < 1.29 is 9.53 Å². The summed E-state index contributed by atoms with van der Waals surface area (Å²) < 4.78 is 5.41. The SMILES string of the molecule is CCCC1NCC(=O)N1C(C)C1CCOC1. The van der Waals surface area contributed by atoms with Crippen LogP contribution in [0.15, 0.2) is 0 Å². The fourth-order valence-corrected chi connectivity index (χ4v) is 2.75. The van der Waals surface area contributed by atoms with Crippen molar-refractivity contribution in [1.29, 1.82) is 0 Å². The molecule has 2 aliphatic rings. The highest BCUT2D eigenvalue weighted by molar-refractivity contribution is 5.81. The molecule has 2 aliphatic heterocycles. The molecule has 0 aromatic rings. The van der Waals surface area contributed by atoms with Crippen LogP contribution in [0.1, 0.15) is 33.1 Å². The number of carbonyl (C=O) groups excluding carboxylic acids is 1. The van der Waals surface area contributed by atoms with Crippen molar-refractivity contribution >= 4 is 5.91 Å². The normalized spacial score (nSPS) is 32.4. The van der Waals surface area contributed by atoms with Gasteiger partial charge in [0.15, 0.2) is 0 Å². The fourth-order valence-electron chi connectivity index (χ4n) is 2.75. The van der Waals surface area contributed by atoms with E-state index < -0.39 is 0 Å². The number of ether oxygens (including phenoxy) is 1. The van der Waals surface area contributed by atoms with Crippen molar-refractivity contribution in [3.63, 3.8) is 0 Å². The summed E-state index contributed by atoms with van der Waals surface area (Å²) in [4.78, 5) is 13.9. The summed E-state index contributed by atoms with van der Waals surface area (Å²) in [6.45, 7) is 6.48. The molecular formula is C12H22N2O2. The molecule has 4 nitrogen and oxygen atoms in total. The summed E-state index contributed by atoms with van der Waals surface area (Å²) >= 11 is 0. The lowest BCUT2D eigenvalue weighted by atomic mass is 9.98. The summed E-state index contributed by atoms with van der Waals surface area (Å²) in [6, 6.07) is 0.307. The topological polar surface area (TPSA) is 41.6 Å². The molecule has 0 aromatic carbocycles. The van der Waals surface area contributed by atoms with Gasteiger partial charge in [-0.25, -0.2) is 0 Å². The predicted octanol–water partition coefficient (Wildman–Crippen LogP) is 0.969. The highest BCUT2D eigenvalue weighted by Gasteiger charge is 2.37. The van der Waals surface area contributed by atoms with E-state index in [2.05, 4.69) is 19.2 Å². The van der Waals surface area contributed by atoms with Gasteiger partial charge in [0, 0.05) is 18.6 Å². The van der Waals surface area contributed by atoms with Gasteiger partial charge in [0.05, 0.1) is 19.3 Å². The summed E-state index contributed by atoms with van der Waals surface area (Å²) in [5.41, 5.74) is 0. The van der Waals surface area contributed by atoms with E-state index in [1.165, 1.54) is 0 Å². The molecule has 0 aromatic heterocycles. The quantitative estimate of drug-likeness (QED) is 0.776. The second kappa shape index (κ2) is 5.15. The van der Waals surface area contributed by atoms with Gasteiger partial charge in [-0.1, -0.05) is 13.3 Å². The number of rotatable bonds is 4. The van der Waals surface area contributed by atoms with Crippen molar-refractivity contribution in [2.24, 2.45) is 5.92 Å². The van der Waals surface area contributed by atoms with Crippen LogP contribution in [0, 0.1) is 5.92 Å². The fraction of sp³-hybridized carbons (Fsp3) is 0.917. The molecule has 1 N–H and O–H groups in total. The molecule has 3 unspecified atom stereocenters. The first-order chi connectivity index (χ1) is 7.74. The van der Waals surface area contributed by atoms with Crippen molar-refractivity contribution in [3.8, 4) is 0 Å². The zero-order valence-electron chi connectivity index (χ0n) is 10.2. The van der Waals surface area contributed by atoms with Crippen LogP contribution < -0.4 is 5.32 Å². The molecule has 92 valence electrons. The molecule has 16 heavy (non-hydrogen) atoms. The van der Waals surface area contributed by atoms with Crippen molar-refractivity contribution in [1.82, 2.24) is 10.2 Å². The molecule has 0 spiro atoms. The van der Waals surface area contributed by atoms with Crippen LogP contribution in [0.2, 0.25) is 0 Å². The lowest BCUT2D eigenvalue weighted by Crippen LogP contribution is -2.46. The minimum atomic E-state index is 0.244.